The molecule has 2 unspecified atom stereocenters. The fourth-order valence-electron chi connectivity index (χ4n) is 5.15. The van der Waals surface area contributed by atoms with Gasteiger partial charge in [0.05, 0.1) is 5.56 Å². The smallest absolute Gasteiger partial charge is 0.253 e. The van der Waals surface area contributed by atoms with E-state index in [4.69, 9.17) is 4.74 Å². The first-order chi connectivity index (χ1) is 13.6. The molecule has 150 valence electrons. The Labute approximate surface area is 166 Å². The zero-order valence-corrected chi connectivity index (χ0v) is 16.8. The third-order valence-electron chi connectivity index (χ3n) is 6.93. The molecule has 5 rings (SSSR count). The van der Waals surface area contributed by atoms with E-state index in [1.54, 1.807) is 0 Å². The minimum Gasteiger partial charge on any atom is -0.381 e. The molecular weight excluding hydrogens is 352 g/mol. The number of ether oxygens (including phenoxy) is 1. The van der Waals surface area contributed by atoms with Crippen LogP contribution in [0.1, 0.15) is 43.1 Å². The van der Waals surface area contributed by atoms with Gasteiger partial charge in [-0.15, -0.1) is 0 Å². The molecule has 2 aliphatic heterocycles. The van der Waals surface area contributed by atoms with E-state index in [-0.39, 0.29) is 11.9 Å². The first-order valence-corrected chi connectivity index (χ1v) is 10.7. The maximum atomic E-state index is 12.8. The molecule has 1 saturated carbocycles. The standard InChI is InChI=1S/C22H30N4O2/c1-14(2)26-11-15-4-3-5-17(21(15)24-26)22(27)23-10-18-19-12-25(13-20(18)19)16-6-8-28-9-7-16/h3-5,11,14,16,18-20H,6-10,12-13H2,1-2H3,(H,23,27). The van der Waals surface area contributed by atoms with Gasteiger partial charge < -0.3 is 10.1 Å². The molecule has 2 saturated heterocycles. The normalized spacial score (nSPS) is 28.0. The van der Waals surface area contributed by atoms with Crippen LogP contribution in [0.4, 0.5) is 0 Å². The van der Waals surface area contributed by atoms with Crippen LogP contribution in [-0.2, 0) is 4.74 Å². The third-order valence-corrected chi connectivity index (χ3v) is 6.93. The molecule has 1 aromatic carbocycles. The number of hydrogen-bond donors (Lipinski definition) is 1. The fourth-order valence-corrected chi connectivity index (χ4v) is 5.15. The quantitative estimate of drug-likeness (QED) is 0.864. The summed E-state index contributed by atoms with van der Waals surface area (Å²) < 4.78 is 7.42. The van der Waals surface area contributed by atoms with Crippen molar-refractivity contribution in [2.75, 3.05) is 32.8 Å². The predicted molar refractivity (Wildman–Crippen MR) is 108 cm³/mol. The molecule has 3 heterocycles. The summed E-state index contributed by atoms with van der Waals surface area (Å²) in [5, 5.41) is 8.85. The summed E-state index contributed by atoms with van der Waals surface area (Å²) in [6, 6.07) is 6.85. The van der Waals surface area contributed by atoms with Crippen molar-refractivity contribution in [3.05, 3.63) is 30.0 Å². The summed E-state index contributed by atoms with van der Waals surface area (Å²) >= 11 is 0. The molecule has 28 heavy (non-hydrogen) atoms. The van der Waals surface area contributed by atoms with Crippen molar-refractivity contribution in [3.8, 4) is 0 Å². The molecule has 1 N–H and O–H groups in total. The highest BCUT2D eigenvalue weighted by molar-refractivity contribution is 6.05. The maximum absolute atomic E-state index is 12.8. The molecule has 0 bridgehead atoms. The van der Waals surface area contributed by atoms with Gasteiger partial charge in [-0.25, -0.2) is 0 Å². The van der Waals surface area contributed by atoms with E-state index in [0.29, 0.717) is 17.5 Å². The molecule has 1 aromatic heterocycles. The molecule has 0 radical (unpaired) electrons. The predicted octanol–water partition coefficient (Wildman–Crippen LogP) is 2.70. The Bertz CT molecular complexity index is 859. The summed E-state index contributed by atoms with van der Waals surface area (Å²) in [5.41, 5.74) is 1.49. The Balaban J connectivity index is 1.18. The Morgan fingerprint density at radius 3 is 2.71 bits per heavy atom. The fraction of sp³-hybridized carbons (Fsp3) is 0.636. The average molecular weight is 383 g/mol. The van der Waals surface area contributed by atoms with E-state index in [9.17, 15) is 4.79 Å². The van der Waals surface area contributed by atoms with Crippen LogP contribution in [0.3, 0.4) is 0 Å². The van der Waals surface area contributed by atoms with Crippen molar-refractivity contribution < 1.29 is 9.53 Å². The Kier molecular flexibility index (Phi) is 4.63. The van der Waals surface area contributed by atoms with Crippen LogP contribution in [0.5, 0.6) is 0 Å². The van der Waals surface area contributed by atoms with Crippen molar-refractivity contribution in [2.24, 2.45) is 17.8 Å². The monoisotopic (exact) mass is 382 g/mol. The van der Waals surface area contributed by atoms with Gasteiger partial charge >= 0.3 is 0 Å². The number of likely N-dealkylation sites (tertiary alicyclic amines) is 1. The van der Waals surface area contributed by atoms with E-state index in [0.717, 1.165) is 42.5 Å². The summed E-state index contributed by atoms with van der Waals surface area (Å²) in [6.07, 6.45) is 4.37. The van der Waals surface area contributed by atoms with E-state index in [2.05, 4.69) is 29.2 Å². The molecule has 2 aromatic rings. The first kappa shape index (κ1) is 18.1. The van der Waals surface area contributed by atoms with Gasteiger partial charge in [0.25, 0.3) is 5.91 Å². The van der Waals surface area contributed by atoms with Crippen LogP contribution in [-0.4, -0.2) is 59.5 Å². The molecule has 6 nitrogen and oxygen atoms in total. The van der Waals surface area contributed by atoms with Crippen molar-refractivity contribution in [1.29, 1.82) is 0 Å². The average Bonchev–Trinajstić information content (AvgIpc) is 3.06. The van der Waals surface area contributed by atoms with Gasteiger partial charge in [0.15, 0.2) is 0 Å². The highest BCUT2D eigenvalue weighted by Crippen LogP contribution is 2.52. The van der Waals surface area contributed by atoms with Crippen molar-refractivity contribution in [1.82, 2.24) is 20.0 Å². The summed E-state index contributed by atoms with van der Waals surface area (Å²) in [7, 11) is 0. The van der Waals surface area contributed by atoms with Crippen LogP contribution in [0.25, 0.3) is 10.9 Å². The number of hydrogen-bond acceptors (Lipinski definition) is 4. The minimum absolute atomic E-state index is 0.00543. The van der Waals surface area contributed by atoms with Crippen LogP contribution in [0.15, 0.2) is 24.4 Å². The van der Waals surface area contributed by atoms with E-state index >= 15 is 0 Å². The number of carbonyl (C=O) groups excluding carboxylic acids is 1. The van der Waals surface area contributed by atoms with Gasteiger partial charge in [-0.3, -0.25) is 14.4 Å². The van der Waals surface area contributed by atoms with Crippen LogP contribution < -0.4 is 5.32 Å². The summed E-state index contributed by atoms with van der Waals surface area (Å²) in [4.78, 5) is 15.5. The minimum atomic E-state index is 0.00543. The van der Waals surface area contributed by atoms with Crippen molar-refractivity contribution in [2.45, 2.75) is 38.8 Å². The molecule has 3 aliphatic rings. The van der Waals surface area contributed by atoms with Gasteiger partial charge in [-0.2, -0.15) is 5.10 Å². The molecule has 1 amide bonds. The maximum Gasteiger partial charge on any atom is 0.253 e. The number of benzene rings is 1. The number of aromatic nitrogens is 2. The van der Waals surface area contributed by atoms with Gasteiger partial charge in [0, 0.05) is 56.5 Å². The Morgan fingerprint density at radius 1 is 1.25 bits per heavy atom. The Hall–Kier alpha value is -1.92. The number of nitrogens with one attached hydrogen (secondary N) is 1. The van der Waals surface area contributed by atoms with Crippen LogP contribution in [0.2, 0.25) is 0 Å². The number of rotatable bonds is 5. The van der Waals surface area contributed by atoms with Crippen molar-refractivity contribution >= 4 is 16.8 Å². The molecule has 6 heteroatoms. The van der Waals surface area contributed by atoms with Crippen LogP contribution >= 0.6 is 0 Å². The lowest BCUT2D eigenvalue weighted by Gasteiger charge is -2.32. The lowest BCUT2D eigenvalue weighted by molar-refractivity contribution is 0.0368. The number of piperidine rings is 1. The van der Waals surface area contributed by atoms with Gasteiger partial charge in [0.2, 0.25) is 0 Å². The van der Waals surface area contributed by atoms with E-state index < -0.39 is 0 Å². The largest absolute Gasteiger partial charge is 0.381 e. The number of amides is 1. The molecule has 0 spiro atoms. The SMILES string of the molecule is CC(C)n1cc2cccc(C(=O)NCC3C4CN(C5CCOCC5)CC34)c2n1. The first-order valence-electron chi connectivity index (χ1n) is 10.7. The second-order valence-electron chi connectivity index (χ2n) is 8.95. The number of nitrogens with zero attached hydrogens (tertiary/aromatic N) is 3. The van der Waals surface area contributed by atoms with Gasteiger partial charge in [0.1, 0.15) is 5.52 Å². The van der Waals surface area contributed by atoms with E-state index in [1.807, 2.05) is 29.1 Å². The molecule has 2 atom stereocenters. The second kappa shape index (κ2) is 7.16. The van der Waals surface area contributed by atoms with E-state index in [1.165, 1.54) is 25.9 Å². The lowest BCUT2D eigenvalue weighted by atomic mass is 10.1. The highest BCUT2D eigenvalue weighted by Gasteiger charge is 2.56. The lowest BCUT2D eigenvalue weighted by Crippen LogP contribution is -2.40. The Morgan fingerprint density at radius 2 is 2.00 bits per heavy atom. The van der Waals surface area contributed by atoms with Crippen molar-refractivity contribution in [3.63, 3.8) is 0 Å². The highest BCUT2D eigenvalue weighted by atomic mass is 16.5. The zero-order chi connectivity index (χ0) is 19.3. The van der Waals surface area contributed by atoms with Crippen LogP contribution in [0, 0.1) is 17.8 Å². The third kappa shape index (κ3) is 3.22. The number of carbonyl (C=O) groups is 1. The number of fused-ring (bicyclic) bond motifs is 2. The van der Waals surface area contributed by atoms with Gasteiger partial charge in [-0.1, -0.05) is 12.1 Å². The molecular formula is C22H30N4O2. The van der Waals surface area contributed by atoms with Gasteiger partial charge in [-0.05, 0) is 50.5 Å². The summed E-state index contributed by atoms with van der Waals surface area (Å²) in [5.74, 6) is 2.18. The second-order valence-corrected chi connectivity index (χ2v) is 8.95. The summed E-state index contributed by atoms with van der Waals surface area (Å²) in [6.45, 7) is 9.20. The topological polar surface area (TPSA) is 59.4 Å². The molecule has 3 fully saturated rings. The molecule has 1 aliphatic carbocycles. The zero-order valence-electron chi connectivity index (χ0n) is 16.8.